The first-order valence-corrected chi connectivity index (χ1v) is 6.62. The van der Waals surface area contributed by atoms with E-state index in [0.29, 0.717) is 0 Å². The quantitative estimate of drug-likeness (QED) is 0.716. The molecule has 0 aliphatic rings. The van der Waals surface area contributed by atoms with Gasteiger partial charge < -0.3 is 10.3 Å². The van der Waals surface area contributed by atoms with Crippen LogP contribution in [0.5, 0.6) is 0 Å². The van der Waals surface area contributed by atoms with E-state index in [1.807, 2.05) is 25.3 Å². The van der Waals surface area contributed by atoms with Crippen LogP contribution in [0, 0.1) is 13.8 Å². The molecule has 0 saturated carbocycles. The topological polar surface area (TPSA) is 43.8 Å². The molecule has 2 aromatic heterocycles. The third kappa shape index (κ3) is 2.07. The lowest BCUT2D eigenvalue weighted by Gasteiger charge is -2.14. The molecule has 0 unspecified atom stereocenters. The molecule has 100 valence electrons. The van der Waals surface area contributed by atoms with Gasteiger partial charge in [-0.2, -0.15) is 0 Å². The lowest BCUT2D eigenvalue weighted by atomic mass is 10.1. The third-order valence-electron chi connectivity index (χ3n) is 3.46. The Labute approximate surface area is 118 Å². The molecule has 3 aromatic rings. The molecule has 0 bridgehead atoms. The normalized spacial score (nSPS) is 10.7. The van der Waals surface area contributed by atoms with Gasteiger partial charge in [0.05, 0.1) is 17.1 Å². The van der Waals surface area contributed by atoms with Crippen LogP contribution in [-0.4, -0.2) is 9.55 Å². The molecule has 0 aliphatic heterocycles. The lowest BCUT2D eigenvalue weighted by Crippen LogP contribution is -2.03. The maximum atomic E-state index is 6.19. The fourth-order valence-corrected chi connectivity index (χ4v) is 2.48. The lowest BCUT2D eigenvalue weighted by molar-refractivity contribution is 1.02. The van der Waals surface area contributed by atoms with Crippen molar-refractivity contribution < 1.29 is 0 Å². The maximum absolute atomic E-state index is 6.19. The number of benzene rings is 1. The molecule has 2 N–H and O–H groups in total. The van der Waals surface area contributed by atoms with Gasteiger partial charge in [-0.15, -0.1) is 0 Å². The molecule has 0 atom stereocenters. The minimum atomic E-state index is 0.787. The minimum absolute atomic E-state index is 0.787. The molecule has 0 saturated heterocycles. The highest BCUT2D eigenvalue weighted by Gasteiger charge is 2.11. The summed E-state index contributed by atoms with van der Waals surface area (Å²) in [4.78, 5) is 4.20. The predicted octanol–water partition coefficient (Wildman–Crippen LogP) is 3.74. The Balaban J connectivity index is 2.22. The summed E-state index contributed by atoms with van der Waals surface area (Å²) in [5.41, 5.74) is 12.5. The van der Waals surface area contributed by atoms with Crippen LogP contribution in [0.25, 0.3) is 16.9 Å². The summed E-state index contributed by atoms with van der Waals surface area (Å²) < 4.78 is 2.17. The predicted molar refractivity (Wildman–Crippen MR) is 82.9 cm³/mol. The van der Waals surface area contributed by atoms with Crippen molar-refractivity contribution in [2.24, 2.45) is 0 Å². The summed E-state index contributed by atoms with van der Waals surface area (Å²) in [5.74, 6) is 0. The van der Waals surface area contributed by atoms with Gasteiger partial charge in [0, 0.05) is 23.7 Å². The monoisotopic (exact) mass is 263 g/mol. The number of hydrogen-bond acceptors (Lipinski definition) is 2. The number of aryl methyl sites for hydroxylation is 2. The van der Waals surface area contributed by atoms with Crippen LogP contribution in [-0.2, 0) is 0 Å². The zero-order valence-electron chi connectivity index (χ0n) is 11.7. The summed E-state index contributed by atoms with van der Waals surface area (Å²) >= 11 is 0. The number of rotatable bonds is 2. The molecular weight excluding hydrogens is 246 g/mol. The smallest absolute Gasteiger partial charge is 0.0688 e. The Kier molecular flexibility index (Phi) is 3.03. The van der Waals surface area contributed by atoms with Gasteiger partial charge in [0.2, 0.25) is 0 Å². The highest BCUT2D eigenvalue weighted by Crippen LogP contribution is 2.29. The van der Waals surface area contributed by atoms with E-state index >= 15 is 0 Å². The van der Waals surface area contributed by atoms with Crippen molar-refractivity contribution in [1.29, 1.82) is 0 Å². The summed E-state index contributed by atoms with van der Waals surface area (Å²) in [6.07, 6.45) is 3.65. The van der Waals surface area contributed by atoms with Gasteiger partial charge in [0.15, 0.2) is 0 Å². The van der Waals surface area contributed by atoms with E-state index in [2.05, 4.69) is 46.8 Å². The Morgan fingerprint density at radius 2 is 1.90 bits per heavy atom. The summed E-state index contributed by atoms with van der Waals surface area (Å²) in [5, 5.41) is 0. The van der Waals surface area contributed by atoms with Gasteiger partial charge in [-0.05, 0) is 55.8 Å². The van der Waals surface area contributed by atoms with Gasteiger partial charge in [0.1, 0.15) is 0 Å². The molecule has 3 heteroatoms. The van der Waals surface area contributed by atoms with E-state index in [9.17, 15) is 0 Å². The number of nitrogens with zero attached hydrogens (tertiary/aromatic N) is 2. The van der Waals surface area contributed by atoms with Gasteiger partial charge in [-0.25, -0.2) is 0 Å². The number of anilines is 1. The van der Waals surface area contributed by atoms with Crippen LogP contribution in [0.2, 0.25) is 0 Å². The van der Waals surface area contributed by atoms with Crippen molar-refractivity contribution in [2.75, 3.05) is 5.73 Å². The molecule has 2 heterocycles. The van der Waals surface area contributed by atoms with E-state index in [-0.39, 0.29) is 0 Å². The summed E-state index contributed by atoms with van der Waals surface area (Å²) in [7, 11) is 0. The molecule has 0 amide bonds. The van der Waals surface area contributed by atoms with E-state index in [0.717, 1.165) is 28.3 Å². The van der Waals surface area contributed by atoms with E-state index < -0.39 is 0 Å². The number of hydrogen-bond donors (Lipinski definition) is 1. The second kappa shape index (κ2) is 4.85. The fraction of sp³-hybridized carbons (Fsp3) is 0.118. The Bertz CT molecular complexity index is 742. The van der Waals surface area contributed by atoms with Gasteiger partial charge in [0.25, 0.3) is 0 Å². The van der Waals surface area contributed by atoms with Crippen molar-refractivity contribution in [3.63, 3.8) is 0 Å². The zero-order valence-corrected chi connectivity index (χ0v) is 11.7. The largest absolute Gasteiger partial charge is 0.397 e. The molecule has 3 rings (SSSR count). The zero-order chi connectivity index (χ0) is 14.1. The van der Waals surface area contributed by atoms with Crippen molar-refractivity contribution in [3.8, 4) is 16.9 Å². The van der Waals surface area contributed by atoms with Crippen LogP contribution >= 0.6 is 0 Å². The van der Waals surface area contributed by atoms with Crippen molar-refractivity contribution >= 4 is 5.69 Å². The minimum Gasteiger partial charge on any atom is -0.397 e. The Morgan fingerprint density at radius 3 is 2.60 bits per heavy atom. The molecule has 0 aliphatic carbocycles. The molecular formula is C17H17N3. The van der Waals surface area contributed by atoms with Crippen LogP contribution in [0.1, 0.15) is 11.3 Å². The van der Waals surface area contributed by atoms with Gasteiger partial charge in [-0.3, -0.25) is 4.98 Å². The highest BCUT2D eigenvalue weighted by atomic mass is 15.0. The average molecular weight is 263 g/mol. The van der Waals surface area contributed by atoms with Crippen LogP contribution in [0.15, 0.2) is 54.9 Å². The van der Waals surface area contributed by atoms with E-state index in [1.54, 1.807) is 6.20 Å². The second-order valence-electron chi connectivity index (χ2n) is 5.00. The first-order chi connectivity index (χ1) is 9.66. The molecule has 0 spiro atoms. The molecule has 3 nitrogen and oxygen atoms in total. The highest BCUT2D eigenvalue weighted by molar-refractivity contribution is 5.68. The van der Waals surface area contributed by atoms with Gasteiger partial charge in [-0.1, -0.05) is 6.07 Å². The number of aromatic nitrogens is 2. The summed E-state index contributed by atoms with van der Waals surface area (Å²) in [6, 6.07) is 14.4. The molecule has 0 fully saturated rings. The van der Waals surface area contributed by atoms with Crippen molar-refractivity contribution in [1.82, 2.24) is 9.55 Å². The number of nitrogens with two attached hydrogens (primary N) is 1. The second-order valence-corrected chi connectivity index (χ2v) is 5.00. The van der Waals surface area contributed by atoms with E-state index in [4.69, 9.17) is 5.73 Å². The molecule has 1 aromatic carbocycles. The van der Waals surface area contributed by atoms with Crippen LogP contribution in [0.4, 0.5) is 5.69 Å². The van der Waals surface area contributed by atoms with Crippen molar-refractivity contribution in [2.45, 2.75) is 13.8 Å². The SMILES string of the molecule is Cc1ccc(-n2c(C)ccc2-c2cccnc2)c(N)c1. The number of nitrogen functional groups attached to an aromatic ring is 1. The van der Waals surface area contributed by atoms with Crippen molar-refractivity contribution in [3.05, 3.63) is 66.1 Å². The third-order valence-corrected chi connectivity index (χ3v) is 3.46. The first kappa shape index (κ1) is 12.5. The Hall–Kier alpha value is -2.55. The standard InChI is InChI=1S/C17H17N3/c1-12-5-7-17(15(18)10-12)20-13(2)6-8-16(20)14-4-3-9-19-11-14/h3-11H,18H2,1-2H3. The maximum Gasteiger partial charge on any atom is 0.0688 e. The number of pyridine rings is 1. The van der Waals surface area contributed by atoms with E-state index in [1.165, 1.54) is 5.56 Å². The van der Waals surface area contributed by atoms with Crippen LogP contribution in [0.3, 0.4) is 0 Å². The average Bonchev–Trinajstić information content (AvgIpc) is 2.82. The summed E-state index contributed by atoms with van der Waals surface area (Å²) in [6.45, 7) is 4.13. The van der Waals surface area contributed by atoms with Crippen LogP contribution < -0.4 is 5.73 Å². The molecule has 20 heavy (non-hydrogen) atoms. The fourth-order valence-electron chi connectivity index (χ4n) is 2.48. The molecule has 0 radical (unpaired) electrons. The van der Waals surface area contributed by atoms with Gasteiger partial charge >= 0.3 is 0 Å². The first-order valence-electron chi connectivity index (χ1n) is 6.62. The Morgan fingerprint density at radius 1 is 1.05 bits per heavy atom.